The zero-order chi connectivity index (χ0) is 22.7. The van der Waals surface area contributed by atoms with Crippen LogP contribution in [0, 0.1) is 17.7 Å². The van der Waals surface area contributed by atoms with Crippen LogP contribution in [0.3, 0.4) is 0 Å². The molecule has 1 fully saturated rings. The summed E-state index contributed by atoms with van der Waals surface area (Å²) in [4.78, 5) is 31.8. The van der Waals surface area contributed by atoms with Crippen molar-refractivity contribution in [2.75, 3.05) is 18.4 Å². The SMILES string of the molecule is CC(C)CN1C[C@@H](C(=O)Nc2c(-c3ccc(F)cc3)ncn2Cc2ccccc2)CC1=O. The molecule has 32 heavy (non-hydrogen) atoms. The Kier molecular flexibility index (Phi) is 6.35. The fraction of sp³-hybridized carbons (Fsp3) is 0.320. The number of rotatable bonds is 7. The third-order valence-corrected chi connectivity index (χ3v) is 5.56. The number of amides is 2. The summed E-state index contributed by atoms with van der Waals surface area (Å²) in [6, 6.07) is 15.9. The van der Waals surface area contributed by atoms with Crippen LogP contribution in [0.2, 0.25) is 0 Å². The highest BCUT2D eigenvalue weighted by Gasteiger charge is 2.35. The Morgan fingerprint density at radius 3 is 2.56 bits per heavy atom. The highest BCUT2D eigenvalue weighted by atomic mass is 19.1. The number of anilines is 1. The van der Waals surface area contributed by atoms with Gasteiger partial charge in [0, 0.05) is 25.1 Å². The van der Waals surface area contributed by atoms with E-state index in [2.05, 4.69) is 24.1 Å². The van der Waals surface area contributed by atoms with E-state index in [0.717, 1.165) is 5.56 Å². The maximum absolute atomic E-state index is 13.4. The zero-order valence-corrected chi connectivity index (χ0v) is 18.3. The molecule has 6 nitrogen and oxygen atoms in total. The lowest BCUT2D eigenvalue weighted by Gasteiger charge is -2.19. The van der Waals surface area contributed by atoms with Crippen molar-refractivity contribution in [3.8, 4) is 11.3 Å². The van der Waals surface area contributed by atoms with Crippen LogP contribution in [0.5, 0.6) is 0 Å². The number of nitrogens with one attached hydrogen (secondary N) is 1. The van der Waals surface area contributed by atoms with E-state index in [4.69, 9.17) is 0 Å². The van der Waals surface area contributed by atoms with Gasteiger partial charge in [-0.2, -0.15) is 0 Å². The van der Waals surface area contributed by atoms with Crippen molar-refractivity contribution in [2.45, 2.75) is 26.8 Å². The molecule has 0 saturated carbocycles. The van der Waals surface area contributed by atoms with E-state index in [9.17, 15) is 14.0 Å². The Bertz CT molecular complexity index is 1090. The van der Waals surface area contributed by atoms with Crippen LogP contribution in [0.15, 0.2) is 60.9 Å². The molecule has 1 N–H and O–H groups in total. The van der Waals surface area contributed by atoms with Gasteiger partial charge in [0.15, 0.2) is 0 Å². The summed E-state index contributed by atoms with van der Waals surface area (Å²) in [6.45, 7) is 5.69. The molecule has 1 atom stereocenters. The van der Waals surface area contributed by atoms with Crippen molar-refractivity contribution in [2.24, 2.45) is 11.8 Å². The van der Waals surface area contributed by atoms with Crippen molar-refractivity contribution in [1.29, 1.82) is 0 Å². The lowest BCUT2D eigenvalue weighted by Crippen LogP contribution is -2.31. The van der Waals surface area contributed by atoms with E-state index < -0.39 is 5.92 Å². The first-order chi connectivity index (χ1) is 15.4. The van der Waals surface area contributed by atoms with E-state index in [1.165, 1.54) is 12.1 Å². The number of benzene rings is 2. The molecule has 3 aromatic rings. The average Bonchev–Trinajstić information content (AvgIpc) is 3.32. The quantitative estimate of drug-likeness (QED) is 0.607. The Labute approximate surface area is 187 Å². The summed E-state index contributed by atoms with van der Waals surface area (Å²) < 4.78 is 15.3. The number of carbonyl (C=O) groups is 2. The van der Waals surface area contributed by atoms with Gasteiger partial charge in [-0.25, -0.2) is 9.37 Å². The first-order valence-corrected chi connectivity index (χ1v) is 10.8. The molecule has 1 aliphatic heterocycles. The van der Waals surface area contributed by atoms with Gasteiger partial charge in [-0.3, -0.25) is 9.59 Å². The number of imidazole rings is 1. The minimum atomic E-state index is -0.414. The highest BCUT2D eigenvalue weighted by Crippen LogP contribution is 2.29. The van der Waals surface area contributed by atoms with Gasteiger partial charge in [-0.05, 0) is 35.7 Å². The number of likely N-dealkylation sites (tertiary alicyclic amines) is 1. The third-order valence-electron chi connectivity index (χ3n) is 5.56. The number of halogens is 1. The molecular formula is C25H27FN4O2. The number of hydrogen-bond donors (Lipinski definition) is 1. The summed E-state index contributed by atoms with van der Waals surface area (Å²) in [5.41, 5.74) is 2.33. The maximum atomic E-state index is 13.4. The lowest BCUT2D eigenvalue weighted by atomic mass is 10.1. The predicted octanol–water partition coefficient (Wildman–Crippen LogP) is 4.18. The van der Waals surface area contributed by atoms with E-state index in [0.29, 0.717) is 42.6 Å². The van der Waals surface area contributed by atoms with Gasteiger partial charge >= 0.3 is 0 Å². The fourth-order valence-corrected chi connectivity index (χ4v) is 4.02. The third kappa shape index (κ3) is 4.88. The van der Waals surface area contributed by atoms with E-state index in [1.807, 2.05) is 34.9 Å². The molecule has 4 rings (SSSR count). The van der Waals surface area contributed by atoms with Gasteiger partial charge in [0.25, 0.3) is 0 Å². The highest BCUT2D eigenvalue weighted by molar-refractivity contribution is 5.98. The summed E-state index contributed by atoms with van der Waals surface area (Å²) >= 11 is 0. The molecule has 2 aromatic carbocycles. The Hall–Kier alpha value is -3.48. The Morgan fingerprint density at radius 1 is 1.16 bits per heavy atom. The molecule has 166 valence electrons. The largest absolute Gasteiger partial charge is 0.342 e. The molecule has 2 amide bonds. The van der Waals surface area contributed by atoms with Gasteiger partial charge < -0.3 is 14.8 Å². The topological polar surface area (TPSA) is 67.2 Å². The monoisotopic (exact) mass is 434 g/mol. The molecule has 0 radical (unpaired) electrons. The number of nitrogens with zero attached hydrogens (tertiary/aromatic N) is 3. The van der Waals surface area contributed by atoms with Gasteiger partial charge in [0.1, 0.15) is 17.3 Å². The fourth-order valence-electron chi connectivity index (χ4n) is 4.02. The second-order valence-corrected chi connectivity index (χ2v) is 8.65. The molecule has 0 aliphatic carbocycles. The minimum Gasteiger partial charge on any atom is -0.342 e. The molecular weight excluding hydrogens is 407 g/mol. The first kappa shape index (κ1) is 21.7. The zero-order valence-electron chi connectivity index (χ0n) is 18.3. The standard InChI is InChI=1S/C25H27FN4O2/c1-17(2)13-29-15-20(12-22(29)31)25(32)28-24-23(19-8-10-21(26)11-9-19)27-16-30(24)14-18-6-4-3-5-7-18/h3-11,16-17,20H,12-15H2,1-2H3,(H,28,32)/t20-/m0/s1. The molecule has 1 saturated heterocycles. The lowest BCUT2D eigenvalue weighted by molar-refractivity contribution is -0.128. The molecule has 1 aliphatic rings. The molecule has 0 spiro atoms. The van der Waals surface area contributed by atoms with Crippen LogP contribution in [0.25, 0.3) is 11.3 Å². The summed E-state index contributed by atoms with van der Waals surface area (Å²) in [7, 11) is 0. The number of aromatic nitrogens is 2. The minimum absolute atomic E-state index is 0.00963. The Balaban J connectivity index is 1.60. The smallest absolute Gasteiger partial charge is 0.230 e. The van der Waals surface area contributed by atoms with E-state index in [1.54, 1.807) is 23.4 Å². The Morgan fingerprint density at radius 2 is 1.88 bits per heavy atom. The number of carbonyl (C=O) groups excluding carboxylic acids is 2. The van der Waals surface area contributed by atoms with E-state index >= 15 is 0 Å². The number of hydrogen-bond acceptors (Lipinski definition) is 3. The van der Waals surface area contributed by atoms with Crippen molar-refractivity contribution >= 4 is 17.6 Å². The van der Waals surface area contributed by atoms with Gasteiger partial charge in [-0.1, -0.05) is 44.2 Å². The van der Waals surface area contributed by atoms with E-state index in [-0.39, 0.29) is 24.1 Å². The van der Waals surface area contributed by atoms with Crippen LogP contribution < -0.4 is 5.32 Å². The van der Waals surface area contributed by atoms with Crippen LogP contribution >= 0.6 is 0 Å². The molecule has 1 aromatic heterocycles. The first-order valence-electron chi connectivity index (χ1n) is 10.8. The van der Waals surface area contributed by atoms with Crippen molar-refractivity contribution in [1.82, 2.24) is 14.5 Å². The van der Waals surface area contributed by atoms with Crippen LogP contribution in [-0.4, -0.2) is 39.4 Å². The van der Waals surface area contributed by atoms with Gasteiger partial charge in [0.2, 0.25) is 11.8 Å². The molecule has 7 heteroatoms. The van der Waals surface area contributed by atoms with Crippen LogP contribution in [-0.2, 0) is 16.1 Å². The summed E-state index contributed by atoms with van der Waals surface area (Å²) in [5.74, 6) is -0.0586. The molecule has 0 unspecified atom stereocenters. The van der Waals surface area contributed by atoms with Crippen molar-refractivity contribution in [3.63, 3.8) is 0 Å². The normalized spacial score (nSPS) is 16.1. The summed E-state index contributed by atoms with van der Waals surface area (Å²) in [5, 5.41) is 3.02. The maximum Gasteiger partial charge on any atom is 0.230 e. The van der Waals surface area contributed by atoms with Gasteiger partial charge in [0.05, 0.1) is 18.8 Å². The summed E-state index contributed by atoms with van der Waals surface area (Å²) in [6.07, 6.45) is 1.88. The van der Waals surface area contributed by atoms with Crippen molar-refractivity contribution < 1.29 is 14.0 Å². The molecule has 2 heterocycles. The second kappa shape index (κ2) is 9.34. The second-order valence-electron chi connectivity index (χ2n) is 8.65. The molecule has 0 bridgehead atoms. The predicted molar refractivity (Wildman–Crippen MR) is 121 cm³/mol. The van der Waals surface area contributed by atoms with Crippen LogP contribution in [0.1, 0.15) is 25.8 Å². The van der Waals surface area contributed by atoms with Crippen LogP contribution in [0.4, 0.5) is 10.2 Å². The average molecular weight is 435 g/mol. The van der Waals surface area contributed by atoms with Crippen molar-refractivity contribution in [3.05, 3.63) is 72.3 Å². The van der Waals surface area contributed by atoms with Gasteiger partial charge in [-0.15, -0.1) is 0 Å².